The smallest absolute Gasteiger partial charge is 0.242 e. The maximum absolute atomic E-state index is 11.9. The van der Waals surface area contributed by atoms with Crippen LogP contribution in [-0.2, 0) is 11.3 Å². The predicted octanol–water partition coefficient (Wildman–Crippen LogP) is 2.69. The van der Waals surface area contributed by atoms with Gasteiger partial charge in [0.1, 0.15) is 0 Å². The molecule has 94 valence electrons. The highest BCUT2D eigenvalue weighted by Crippen LogP contribution is 2.23. The van der Waals surface area contributed by atoms with Gasteiger partial charge >= 0.3 is 0 Å². The third kappa shape index (κ3) is 3.87. The predicted molar refractivity (Wildman–Crippen MR) is 71.2 cm³/mol. The van der Waals surface area contributed by atoms with Crippen LogP contribution in [0.15, 0.2) is 18.2 Å². The van der Waals surface area contributed by atoms with Crippen molar-refractivity contribution in [2.75, 3.05) is 7.05 Å². The third-order valence-corrected chi connectivity index (χ3v) is 3.04. The molecule has 0 saturated carbocycles. The molecule has 0 aliphatic rings. The lowest BCUT2D eigenvalue weighted by Crippen LogP contribution is -2.49. The van der Waals surface area contributed by atoms with E-state index in [1.165, 1.54) is 0 Å². The van der Waals surface area contributed by atoms with Crippen molar-refractivity contribution in [1.82, 2.24) is 4.90 Å². The molecule has 1 rings (SSSR count). The Balaban J connectivity index is 2.78. The zero-order valence-corrected chi connectivity index (χ0v) is 11.6. The van der Waals surface area contributed by atoms with Crippen LogP contribution in [0.4, 0.5) is 0 Å². The van der Waals surface area contributed by atoms with Crippen molar-refractivity contribution >= 4 is 29.1 Å². The fourth-order valence-corrected chi connectivity index (χ4v) is 1.80. The van der Waals surface area contributed by atoms with Gasteiger partial charge in [0, 0.05) is 13.6 Å². The molecule has 0 spiro atoms. The van der Waals surface area contributed by atoms with E-state index in [0.717, 1.165) is 5.56 Å². The summed E-state index contributed by atoms with van der Waals surface area (Å²) in [4.78, 5) is 13.4. The minimum absolute atomic E-state index is 0.122. The van der Waals surface area contributed by atoms with Crippen LogP contribution >= 0.6 is 23.2 Å². The van der Waals surface area contributed by atoms with Crippen LogP contribution in [0.3, 0.4) is 0 Å². The molecule has 0 radical (unpaired) electrons. The lowest BCUT2D eigenvalue weighted by molar-refractivity contribution is -0.134. The second kappa shape index (κ2) is 5.25. The molecule has 0 fully saturated rings. The Morgan fingerprint density at radius 3 is 2.41 bits per heavy atom. The van der Waals surface area contributed by atoms with Crippen LogP contribution in [0.5, 0.6) is 0 Å². The number of likely N-dealkylation sites (N-methyl/N-ethyl adjacent to an activating group) is 1. The molecule has 1 aromatic carbocycles. The molecule has 1 amide bonds. The molecule has 0 atom stereocenters. The Morgan fingerprint density at radius 2 is 1.94 bits per heavy atom. The van der Waals surface area contributed by atoms with E-state index in [9.17, 15) is 4.79 Å². The highest BCUT2D eigenvalue weighted by Gasteiger charge is 2.25. The number of carbonyl (C=O) groups is 1. The molecule has 0 bridgehead atoms. The van der Waals surface area contributed by atoms with Crippen molar-refractivity contribution in [2.24, 2.45) is 5.73 Å². The topological polar surface area (TPSA) is 46.3 Å². The number of hydrogen-bond donors (Lipinski definition) is 1. The number of amides is 1. The van der Waals surface area contributed by atoms with E-state index >= 15 is 0 Å². The summed E-state index contributed by atoms with van der Waals surface area (Å²) in [7, 11) is 1.71. The van der Waals surface area contributed by atoms with Gasteiger partial charge < -0.3 is 10.6 Å². The Hall–Kier alpha value is -0.770. The second-order valence-corrected chi connectivity index (χ2v) is 5.45. The van der Waals surface area contributed by atoms with Crippen LogP contribution in [-0.4, -0.2) is 23.4 Å². The van der Waals surface area contributed by atoms with E-state index in [-0.39, 0.29) is 5.91 Å². The van der Waals surface area contributed by atoms with Crippen LogP contribution < -0.4 is 5.73 Å². The minimum Gasteiger partial charge on any atom is -0.340 e. The van der Waals surface area contributed by atoms with E-state index < -0.39 is 5.54 Å². The quantitative estimate of drug-likeness (QED) is 0.921. The zero-order valence-electron chi connectivity index (χ0n) is 10.1. The molecule has 0 saturated heterocycles. The van der Waals surface area contributed by atoms with Crippen molar-refractivity contribution in [2.45, 2.75) is 25.9 Å². The van der Waals surface area contributed by atoms with Gasteiger partial charge in [0.25, 0.3) is 0 Å². The summed E-state index contributed by atoms with van der Waals surface area (Å²) >= 11 is 11.7. The SMILES string of the molecule is CN(Cc1ccc(Cl)c(Cl)c1)C(=O)C(C)(C)N. The molecule has 1 aromatic rings. The van der Waals surface area contributed by atoms with Gasteiger partial charge in [-0.3, -0.25) is 4.79 Å². The largest absolute Gasteiger partial charge is 0.340 e. The van der Waals surface area contributed by atoms with Crippen LogP contribution in [0, 0.1) is 0 Å². The summed E-state index contributed by atoms with van der Waals surface area (Å²) in [5.74, 6) is -0.122. The van der Waals surface area contributed by atoms with E-state index in [2.05, 4.69) is 0 Å². The van der Waals surface area contributed by atoms with Crippen LogP contribution in [0.2, 0.25) is 10.0 Å². The maximum atomic E-state index is 11.9. The number of carbonyl (C=O) groups excluding carboxylic acids is 1. The normalized spacial score (nSPS) is 11.4. The summed E-state index contributed by atoms with van der Waals surface area (Å²) < 4.78 is 0. The Labute approximate surface area is 111 Å². The fraction of sp³-hybridized carbons (Fsp3) is 0.417. The number of hydrogen-bond acceptors (Lipinski definition) is 2. The number of rotatable bonds is 3. The van der Waals surface area contributed by atoms with Gasteiger partial charge in [-0.2, -0.15) is 0 Å². The molecule has 0 heterocycles. The average Bonchev–Trinajstić information content (AvgIpc) is 2.21. The third-order valence-electron chi connectivity index (χ3n) is 2.30. The number of benzene rings is 1. The molecule has 5 heteroatoms. The van der Waals surface area contributed by atoms with Gasteiger partial charge in [0.2, 0.25) is 5.91 Å². The lowest BCUT2D eigenvalue weighted by atomic mass is 10.1. The number of nitrogens with zero attached hydrogens (tertiary/aromatic N) is 1. The molecule has 0 unspecified atom stereocenters. The maximum Gasteiger partial charge on any atom is 0.242 e. The van der Waals surface area contributed by atoms with Gasteiger partial charge in [-0.25, -0.2) is 0 Å². The highest BCUT2D eigenvalue weighted by molar-refractivity contribution is 6.42. The summed E-state index contributed by atoms with van der Waals surface area (Å²) in [6, 6.07) is 5.30. The molecule has 0 aliphatic heterocycles. The first-order valence-corrected chi connectivity index (χ1v) is 5.96. The highest BCUT2D eigenvalue weighted by atomic mass is 35.5. The monoisotopic (exact) mass is 274 g/mol. The first-order valence-electron chi connectivity index (χ1n) is 5.20. The lowest BCUT2D eigenvalue weighted by Gasteiger charge is -2.26. The summed E-state index contributed by atoms with van der Waals surface area (Å²) in [6.07, 6.45) is 0. The van der Waals surface area contributed by atoms with Crippen molar-refractivity contribution in [3.8, 4) is 0 Å². The van der Waals surface area contributed by atoms with Gasteiger partial charge in [0.05, 0.1) is 15.6 Å². The van der Waals surface area contributed by atoms with E-state index in [4.69, 9.17) is 28.9 Å². The Kier molecular flexibility index (Phi) is 4.42. The van der Waals surface area contributed by atoms with Crippen molar-refractivity contribution in [3.63, 3.8) is 0 Å². The standard InChI is InChI=1S/C12H16Cl2N2O/c1-12(2,15)11(17)16(3)7-8-4-5-9(13)10(14)6-8/h4-6H,7,15H2,1-3H3. The molecule has 2 N–H and O–H groups in total. The molecular weight excluding hydrogens is 259 g/mol. The van der Waals surface area contributed by atoms with Crippen molar-refractivity contribution < 1.29 is 4.79 Å². The Morgan fingerprint density at radius 1 is 1.35 bits per heavy atom. The van der Waals surface area contributed by atoms with Gasteiger partial charge in [-0.1, -0.05) is 29.3 Å². The summed E-state index contributed by atoms with van der Waals surface area (Å²) in [6.45, 7) is 3.82. The van der Waals surface area contributed by atoms with E-state index in [0.29, 0.717) is 16.6 Å². The summed E-state index contributed by atoms with van der Waals surface area (Å²) in [5, 5.41) is 0.987. The summed E-state index contributed by atoms with van der Waals surface area (Å²) in [5.41, 5.74) is 5.80. The van der Waals surface area contributed by atoms with Gasteiger partial charge in [-0.05, 0) is 31.5 Å². The molecule has 17 heavy (non-hydrogen) atoms. The van der Waals surface area contributed by atoms with Crippen LogP contribution in [0.1, 0.15) is 19.4 Å². The van der Waals surface area contributed by atoms with Crippen molar-refractivity contribution in [1.29, 1.82) is 0 Å². The second-order valence-electron chi connectivity index (χ2n) is 4.63. The molecular formula is C12H16Cl2N2O. The fourth-order valence-electron chi connectivity index (χ4n) is 1.48. The van der Waals surface area contributed by atoms with E-state index in [1.54, 1.807) is 37.9 Å². The van der Waals surface area contributed by atoms with Gasteiger partial charge in [0.15, 0.2) is 0 Å². The van der Waals surface area contributed by atoms with E-state index in [1.807, 2.05) is 6.07 Å². The molecule has 0 aliphatic carbocycles. The first-order chi connectivity index (χ1) is 7.71. The minimum atomic E-state index is -0.870. The molecule has 3 nitrogen and oxygen atoms in total. The van der Waals surface area contributed by atoms with Crippen molar-refractivity contribution in [3.05, 3.63) is 33.8 Å². The van der Waals surface area contributed by atoms with Crippen LogP contribution in [0.25, 0.3) is 0 Å². The Bertz CT molecular complexity index is 427. The number of nitrogens with two attached hydrogens (primary N) is 1. The zero-order chi connectivity index (χ0) is 13.2. The molecule has 0 aromatic heterocycles. The van der Waals surface area contributed by atoms with Gasteiger partial charge in [-0.15, -0.1) is 0 Å². The first kappa shape index (κ1) is 14.3. The average molecular weight is 275 g/mol. The number of halogens is 2.